The van der Waals surface area contributed by atoms with Gasteiger partial charge < -0.3 is 10.3 Å². The van der Waals surface area contributed by atoms with E-state index in [4.69, 9.17) is 5.11 Å². The summed E-state index contributed by atoms with van der Waals surface area (Å²) in [5.74, 6) is -0.0138. The molecule has 0 aliphatic heterocycles. The van der Waals surface area contributed by atoms with E-state index in [2.05, 4.69) is 29.2 Å². The summed E-state index contributed by atoms with van der Waals surface area (Å²) in [6, 6.07) is 19.5. The van der Waals surface area contributed by atoms with Crippen molar-refractivity contribution in [2.45, 2.75) is 39.0 Å². The number of Topliss-reactive ketones (excluding diaryl/α,β-unsaturated/α-hetero) is 1. The quantitative estimate of drug-likeness (QED) is 0.221. The van der Waals surface area contributed by atoms with E-state index in [1.807, 2.05) is 55.5 Å². The number of oxime groups is 1. The molecule has 0 bridgehead atoms. The molecule has 1 aromatic heterocycles. The van der Waals surface area contributed by atoms with Crippen LogP contribution in [0.3, 0.4) is 0 Å². The number of rotatable bonds is 9. The lowest BCUT2D eigenvalue weighted by Gasteiger charge is -2.21. The summed E-state index contributed by atoms with van der Waals surface area (Å²) in [6.45, 7) is 3.99. The minimum atomic E-state index is -0.0397. The van der Waals surface area contributed by atoms with Crippen molar-refractivity contribution in [3.63, 3.8) is 0 Å². The van der Waals surface area contributed by atoms with Gasteiger partial charge in [0, 0.05) is 48.4 Å². The Morgan fingerprint density at radius 2 is 1.77 bits per heavy atom. The average Bonchev–Trinajstić information content (AvgIpc) is 2.79. The maximum atomic E-state index is 12.3. The number of aromatic nitrogens is 1. The molecule has 3 rings (SSSR count). The molecule has 1 atom stereocenters. The van der Waals surface area contributed by atoms with Crippen LogP contribution in [0, 0.1) is 13.8 Å². The van der Waals surface area contributed by atoms with Gasteiger partial charge in [-0.2, -0.15) is 0 Å². The molecule has 0 aliphatic carbocycles. The van der Waals surface area contributed by atoms with Crippen LogP contribution < -0.4 is 0 Å². The number of carbonyl (C=O) groups excluding carboxylic acids is 1. The van der Waals surface area contributed by atoms with Crippen LogP contribution in [-0.2, 0) is 0 Å². The maximum absolute atomic E-state index is 12.3. The van der Waals surface area contributed by atoms with Gasteiger partial charge in [-0.3, -0.25) is 9.78 Å². The predicted molar refractivity (Wildman–Crippen MR) is 122 cm³/mol. The number of aliphatic hydroxyl groups is 1. The lowest BCUT2D eigenvalue weighted by atomic mass is 9.83. The van der Waals surface area contributed by atoms with Gasteiger partial charge in [0.25, 0.3) is 0 Å². The van der Waals surface area contributed by atoms with Crippen LogP contribution in [0.25, 0.3) is 0 Å². The van der Waals surface area contributed by atoms with Crippen LogP contribution >= 0.6 is 0 Å². The van der Waals surface area contributed by atoms with E-state index in [0.717, 1.165) is 27.9 Å². The number of hydrogen-bond acceptors (Lipinski definition) is 5. The van der Waals surface area contributed by atoms with Gasteiger partial charge in [-0.25, -0.2) is 0 Å². The largest absolute Gasteiger partial charge is 0.411 e. The van der Waals surface area contributed by atoms with Crippen molar-refractivity contribution in [3.05, 3.63) is 100 Å². The molecule has 2 N–H and O–H groups in total. The Hall–Kier alpha value is -3.31. The zero-order valence-corrected chi connectivity index (χ0v) is 18.0. The first-order chi connectivity index (χ1) is 15.0. The van der Waals surface area contributed by atoms with Crippen LogP contribution in [0.5, 0.6) is 0 Å². The fraction of sp³-hybridized carbons (Fsp3) is 0.269. The summed E-state index contributed by atoms with van der Waals surface area (Å²) in [7, 11) is 0. The number of aliphatic hydroxyl groups excluding tert-OH is 1. The molecule has 31 heavy (non-hydrogen) atoms. The first-order valence-electron chi connectivity index (χ1n) is 10.5. The minimum absolute atomic E-state index is 0.0108. The highest BCUT2D eigenvalue weighted by Gasteiger charge is 2.21. The van der Waals surface area contributed by atoms with Crippen LogP contribution in [0.2, 0.25) is 0 Å². The Kier molecular flexibility index (Phi) is 7.68. The molecule has 0 saturated carbocycles. The van der Waals surface area contributed by atoms with Crippen molar-refractivity contribution in [3.8, 4) is 0 Å². The molecule has 0 spiro atoms. The Morgan fingerprint density at radius 3 is 2.42 bits per heavy atom. The molecule has 2 aromatic carbocycles. The number of hydrogen-bond donors (Lipinski definition) is 2. The molecule has 0 unspecified atom stereocenters. The number of nitrogens with zero attached hydrogens (tertiary/aromatic N) is 2. The Balaban J connectivity index is 1.96. The molecule has 1 heterocycles. The van der Waals surface area contributed by atoms with E-state index >= 15 is 0 Å². The van der Waals surface area contributed by atoms with Crippen molar-refractivity contribution in [2.75, 3.05) is 6.61 Å². The highest BCUT2D eigenvalue weighted by atomic mass is 16.4. The molecule has 0 aliphatic rings. The summed E-state index contributed by atoms with van der Waals surface area (Å²) in [5, 5.41) is 22.4. The Bertz CT molecular complexity index is 1060. The topological polar surface area (TPSA) is 82.8 Å². The highest BCUT2D eigenvalue weighted by Crippen LogP contribution is 2.32. The van der Waals surface area contributed by atoms with E-state index < -0.39 is 0 Å². The molecule has 5 heteroatoms. The Morgan fingerprint density at radius 1 is 1.03 bits per heavy atom. The van der Waals surface area contributed by atoms with Crippen LogP contribution in [0.15, 0.2) is 72.0 Å². The first kappa shape index (κ1) is 22.4. The molecule has 0 amide bonds. The van der Waals surface area contributed by atoms with Gasteiger partial charge in [-0.05, 0) is 49.1 Å². The second kappa shape index (κ2) is 10.6. The molecule has 5 nitrogen and oxygen atoms in total. The van der Waals surface area contributed by atoms with E-state index in [-0.39, 0.29) is 18.3 Å². The zero-order valence-electron chi connectivity index (χ0n) is 18.0. The maximum Gasteiger partial charge on any atom is 0.162 e. The Labute approximate surface area is 183 Å². The van der Waals surface area contributed by atoms with Gasteiger partial charge in [-0.15, -0.1) is 0 Å². The number of pyridine rings is 1. The summed E-state index contributed by atoms with van der Waals surface area (Å²) < 4.78 is 0. The second-order valence-electron chi connectivity index (χ2n) is 7.72. The minimum Gasteiger partial charge on any atom is -0.411 e. The van der Waals surface area contributed by atoms with Crippen molar-refractivity contribution >= 4 is 11.5 Å². The number of ketones is 1. The fourth-order valence-electron chi connectivity index (χ4n) is 3.81. The van der Waals surface area contributed by atoms with Crippen LogP contribution in [-0.4, -0.2) is 33.4 Å². The number of carbonyl (C=O) groups is 1. The van der Waals surface area contributed by atoms with Gasteiger partial charge in [-0.1, -0.05) is 53.7 Å². The summed E-state index contributed by atoms with van der Waals surface area (Å²) in [6.07, 6.45) is 3.02. The molecule has 0 radical (unpaired) electrons. The number of aryl methyl sites for hydroxylation is 2. The fourth-order valence-corrected chi connectivity index (χ4v) is 3.81. The summed E-state index contributed by atoms with van der Waals surface area (Å²) >= 11 is 0. The van der Waals surface area contributed by atoms with Gasteiger partial charge in [0.1, 0.15) is 0 Å². The molecule has 160 valence electrons. The standard InChI is InChI=1S/C26H28N2O3/c1-18-6-3-4-7-23(18)24(17-25(28-31)22-13-14-27-19(2)16-22)20-9-11-21(12-10-20)26(30)8-5-15-29/h3-4,6-7,9-14,16,24,29,31H,5,8,15,17H2,1-2H3/b28-25+/t24-/m1/s1. The van der Waals surface area contributed by atoms with Crippen molar-refractivity contribution < 1.29 is 15.1 Å². The van der Waals surface area contributed by atoms with Crippen LogP contribution in [0.1, 0.15) is 63.5 Å². The van der Waals surface area contributed by atoms with E-state index in [1.165, 1.54) is 0 Å². The van der Waals surface area contributed by atoms with Gasteiger partial charge in [0.2, 0.25) is 0 Å². The third-order valence-corrected chi connectivity index (χ3v) is 5.51. The van der Waals surface area contributed by atoms with E-state index in [1.54, 1.807) is 6.20 Å². The normalized spacial score (nSPS) is 12.5. The smallest absolute Gasteiger partial charge is 0.162 e. The summed E-state index contributed by atoms with van der Waals surface area (Å²) in [5.41, 5.74) is 6.26. The molecule has 0 fully saturated rings. The van der Waals surface area contributed by atoms with Gasteiger partial charge in [0.15, 0.2) is 5.78 Å². The third kappa shape index (κ3) is 5.64. The zero-order chi connectivity index (χ0) is 22.2. The third-order valence-electron chi connectivity index (χ3n) is 5.51. The molecular formula is C26H28N2O3. The van der Waals surface area contributed by atoms with E-state index in [0.29, 0.717) is 30.5 Å². The average molecular weight is 417 g/mol. The second-order valence-corrected chi connectivity index (χ2v) is 7.72. The van der Waals surface area contributed by atoms with Crippen LogP contribution in [0.4, 0.5) is 0 Å². The first-order valence-corrected chi connectivity index (χ1v) is 10.5. The monoisotopic (exact) mass is 416 g/mol. The van der Waals surface area contributed by atoms with E-state index in [9.17, 15) is 10.0 Å². The molecular weight excluding hydrogens is 388 g/mol. The van der Waals surface area contributed by atoms with Crippen molar-refractivity contribution in [1.82, 2.24) is 4.98 Å². The van der Waals surface area contributed by atoms with Gasteiger partial charge in [0.05, 0.1) is 5.71 Å². The molecule has 0 saturated heterocycles. The van der Waals surface area contributed by atoms with Gasteiger partial charge >= 0.3 is 0 Å². The predicted octanol–water partition coefficient (Wildman–Crippen LogP) is 5.05. The SMILES string of the molecule is Cc1cc(/C(C[C@H](c2ccc(C(=O)CCCO)cc2)c2ccccc2C)=N/O)ccn1. The molecule has 3 aromatic rings. The lowest BCUT2D eigenvalue weighted by molar-refractivity contribution is 0.0971. The van der Waals surface area contributed by atoms with Crippen molar-refractivity contribution in [1.29, 1.82) is 0 Å². The summed E-state index contributed by atoms with van der Waals surface area (Å²) in [4.78, 5) is 16.5. The lowest BCUT2D eigenvalue weighted by Crippen LogP contribution is -2.12. The van der Waals surface area contributed by atoms with Crippen molar-refractivity contribution in [2.24, 2.45) is 5.16 Å². The highest BCUT2D eigenvalue weighted by molar-refractivity contribution is 6.01. The number of benzene rings is 2.